The standard InChI is InChI=1S/C13H17BrClNO3S/c1-9-8-16(3-4-19-9)20(17,18)13-6-11(7-15)5-12(14)10(13)2/h5-6,9H,3-4,7-8H2,1-2H3. The normalized spacial score (nSPS) is 21.1. The van der Waals surface area contributed by atoms with E-state index in [9.17, 15) is 8.42 Å². The number of ether oxygens (including phenoxy) is 1. The van der Waals surface area contributed by atoms with Crippen molar-refractivity contribution in [3.8, 4) is 0 Å². The molecule has 1 fully saturated rings. The lowest BCUT2D eigenvalue weighted by atomic mass is 10.2. The van der Waals surface area contributed by atoms with Gasteiger partial charge in [-0.1, -0.05) is 15.9 Å². The van der Waals surface area contributed by atoms with Crippen LogP contribution >= 0.6 is 27.5 Å². The molecule has 0 aromatic heterocycles. The zero-order valence-corrected chi connectivity index (χ0v) is 14.6. The Bertz CT molecular complexity index is 606. The zero-order valence-electron chi connectivity index (χ0n) is 11.4. The van der Waals surface area contributed by atoms with Crippen LogP contribution in [-0.4, -0.2) is 38.5 Å². The van der Waals surface area contributed by atoms with Crippen LogP contribution in [0.4, 0.5) is 0 Å². The summed E-state index contributed by atoms with van der Waals surface area (Å²) in [6.07, 6.45) is -0.0847. The molecule has 1 aliphatic rings. The Balaban J connectivity index is 2.46. The van der Waals surface area contributed by atoms with E-state index in [0.717, 1.165) is 10.0 Å². The lowest BCUT2D eigenvalue weighted by Crippen LogP contribution is -2.44. The SMILES string of the molecule is Cc1c(Br)cc(CCl)cc1S(=O)(=O)N1CCOC(C)C1. The number of benzene rings is 1. The number of sulfonamides is 1. The third-order valence-electron chi connectivity index (χ3n) is 3.33. The van der Waals surface area contributed by atoms with Gasteiger partial charge in [0.05, 0.1) is 17.6 Å². The molecule has 1 aliphatic heterocycles. The third-order valence-corrected chi connectivity index (χ3v) is 6.46. The number of hydrogen-bond acceptors (Lipinski definition) is 3. The second-order valence-electron chi connectivity index (χ2n) is 4.88. The van der Waals surface area contributed by atoms with E-state index in [2.05, 4.69) is 15.9 Å². The molecule has 1 saturated heterocycles. The number of hydrogen-bond donors (Lipinski definition) is 0. The van der Waals surface area contributed by atoms with Crippen molar-refractivity contribution in [2.24, 2.45) is 0 Å². The van der Waals surface area contributed by atoms with Gasteiger partial charge in [-0.15, -0.1) is 11.6 Å². The van der Waals surface area contributed by atoms with E-state index in [1.807, 2.05) is 13.0 Å². The maximum absolute atomic E-state index is 12.8. The Kier molecular flexibility index (Phi) is 5.13. The Hall–Kier alpha value is -0.140. The summed E-state index contributed by atoms with van der Waals surface area (Å²) in [6.45, 7) is 4.85. The number of alkyl halides is 1. The highest BCUT2D eigenvalue weighted by Crippen LogP contribution is 2.29. The average Bonchev–Trinajstić information content (AvgIpc) is 2.41. The molecule has 0 bridgehead atoms. The highest BCUT2D eigenvalue weighted by atomic mass is 79.9. The second-order valence-corrected chi connectivity index (χ2v) is 7.91. The van der Waals surface area contributed by atoms with Gasteiger partial charge in [0.2, 0.25) is 10.0 Å². The van der Waals surface area contributed by atoms with Crippen LogP contribution in [0.3, 0.4) is 0 Å². The lowest BCUT2D eigenvalue weighted by Gasteiger charge is -2.31. The molecular formula is C13H17BrClNO3S. The topological polar surface area (TPSA) is 46.6 Å². The fourth-order valence-corrected chi connectivity index (χ4v) is 4.79. The van der Waals surface area contributed by atoms with Gasteiger partial charge in [-0.05, 0) is 37.1 Å². The summed E-state index contributed by atoms with van der Waals surface area (Å²) in [5.41, 5.74) is 1.49. The van der Waals surface area contributed by atoms with Gasteiger partial charge in [-0.2, -0.15) is 4.31 Å². The number of rotatable bonds is 3. The highest BCUT2D eigenvalue weighted by molar-refractivity contribution is 9.10. The minimum atomic E-state index is -3.52. The Morgan fingerprint density at radius 1 is 1.50 bits per heavy atom. The Labute approximate surface area is 133 Å². The zero-order chi connectivity index (χ0) is 14.9. The van der Waals surface area contributed by atoms with Crippen LogP contribution in [0.1, 0.15) is 18.1 Å². The van der Waals surface area contributed by atoms with Crippen molar-refractivity contribution in [2.45, 2.75) is 30.7 Å². The number of nitrogens with zero attached hydrogens (tertiary/aromatic N) is 1. The van der Waals surface area contributed by atoms with Gasteiger partial charge in [0.25, 0.3) is 0 Å². The summed E-state index contributed by atoms with van der Waals surface area (Å²) in [5, 5.41) is 0. The fraction of sp³-hybridized carbons (Fsp3) is 0.538. The van der Waals surface area contributed by atoms with Crippen molar-refractivity contribution in [2.75, 3.05) is 19.7 Å². The molecule has 0 radical (unpaired) electrons. The van der Waals surface area contributed by atoms with E-state index >= 15 is 0 Å². The van der Waals surface area contributed by atoms with Crippen molar-refractivity contribution in [1.82, 2.24) is 4.31 Å². The quantitative estimate of drug-likeness (QED) is 0.755. The molecule has 0 N–H and O–H groups in total. The van der Waals surface area contributed by atoms with E-state index in [0.29, 0.717) is 30.2 Å². The van der Waals surface area contributed by atoms with Gasteiger partial charge in [0.15, 0.2) is 0 Å². The predicted molar refractivity (Wildman–Crippen MR) is 82.6 cm³/mol. The molecule has 1 unspecified atom stereocenters. The lowest BCUT2D eigenvalue weighted by molar-refractivity contribution is 0.0102. The first-order chi connectivity index (χ1) is 9.36. The molecule has 0 spiro atoms. The first-order valence-corrected chi connectivity index (χ1v) is 9.09. The van der Waals surface area contributed by atoms with Gasteiger partial charge in [0.1, 0.15) is 0 Å². The van der Waals surface area contributed by atoms with Crippen LogP contribution in [0.5, 0.6) is 0 Å². The largest absolute Gasteiger partial charge is 0.376 e. The summed E-state index contributed by atoms with van der Waals surface area (Å²) in [7, 11) is -3.52. The number of halogens is 2. The molecule has 0 aliphatic carbocycles. The van der Waals surface area contributed by atoms with Gasteiger partial charge in [-0.25, -0.2) is 8.42 Å². The highest BCUT2D eigenvalue weighted by Gasteiger charge is 2.30. The molecule has 1 heterocycles. The molecule has 1 atom stereocenters. The number of morpholine rings is 1. The van der Waals surface area contributed by atoms with Gasteiger partial charge in [-0.3, -0.25) is 0 Å². The van der Waals surface area contributed by atoms with Crippen molar-refractivity contribution in [3.05, 3.63) is 27.7 Å². The van der Waals surface area contributed by atoms with Gasteiger partial charge < -0.3 is 4.74 Å². The first-order valence-electron chi connectivity index (χ1n) is 6.33. The molecule has 4 nitrogen and oxygen atoms in total. The van der Waals surface area contributed by atoms with Crippen LogP contribution in [-0.2, 0) is 20.6 Å². The summed E-state index contributed by atoms with van der Waals surface area (Å²) >= 11 is 9.23. The molecule has 2 rings (SSSR count). The predicted octanol–water partition coefficient (Wildman–Crippen LogP) is 2.91. The smallest absolute Gasteiger partial charge is 0.243 e. The van der Waals surface area contributed by atoms with Crippen molar-refractivity contribution >= 4 is 37.6 Å². The molecule has 1 aromatic carbocycles. The molecule has 1 aromatic rings. The van der Waals surface area contributed by atoms with Crippen LogP contribution < -0.4 is 0 Å². The molecular weight excluding hydrogens is 366 g/mol. The fourth-order valence-electron chi connectivity index (χ4n) is 2.20. The molecule has 0 amide bonds. The van der Waals surface area contributed by atoms with Crippen LogP contribution in [0.15, 0.2) is 21.5 Å². The van der Waals surface area contributed by atoms with Crippen LogP contribution in [0, 0.1) is 6.92 Å². The monoisotopic (exact) mass is 381 g/mol. The maximum atomic E-state index is 12.8. The Morgan fingerprint density at radius 3 is 2.80 bits per heavy atom. The summed E-state index contributed by atoms with van der Waals surface area (Å²) in [4.78, 5) is 0.316. The summed E-state index contributed by atoms with van der Waals surface area (Å²) < 4.78 is 33.2. The van der Waals surface area contributed by atoms with E-state index in [-0.39, 0.29) is 12.0 Å². The van der Waals surface area contributed by atoms with Crippen LogP contribution in [0.25, 0.3) is 0 Å². The second kappa shape index (κ2) is 6.32. The molecule has 0 saturated carbocycles. The van der Waals surface area contributed by atoms with Crippen molar-refractivity contribution < 1.29 is 13.2 Å². The minimum absolute atomic E-state index is 0.0847. The molecule has 112 valence electrons. The van der Waals surface area contributed by atoms with E-state index < -0.39 is 10.0 Å². The first kappa shape index (κ1) is 16.2. The van der Waals surface area contributed by atoms with E-state index in [1.54, 1.807) is 13.0 Å². The van der Waals surface area contributed by atoms with Gasteiger partial charge >= 0.3 is 0 Å². The summed E-state index contributed by atoms with van der Waals surface area (Å²) in [6, 6.07) is 3.51. The maximum Gasteiger partial charge on any atom is 0.243 e. The van der Waals surface area contributed by atoms with Crippen molar-refractivity contribution in [3.63, 3.8) is 0 Å². The summed E-state index contributed by atoms with van der Waals surface area (Å²) in [5.74, 6) is 0.279. The minimum Gasteiger partial charge on any atom is -0.376 e. The Morgan fingerprint density at radius 2 is 2.20 bits per heavy atom. The van der Waals surface area contributed by atoms with E-state index in [1.165, 1.54) is 4.31 Å². The average molecular weight is 383 g/mol. The van der Waals surface area contributed by atoms with Gasteiger partial charge in [0, 0.05) is 23.4 Å². The van der Waals surface area contributed by atoms with E-state index in [4.69, 9.17) is 16.3 Å². The van der Waals surface area contributed by atoms with Crippen molar-refractivity contribution in [1.29, 1.82) is 0 Å². The third kappa shape index (κ3) is 3.20. The van der Waals surface area contributed by atoms with Crippen LogP contribution in [0.2, 0.25) is 0 Å². The molecule has 20 heavy (non-hydrogen) atoms. The molecule has 7 heteroatoms.